The molecule has 96 valence electrons. The minimum Gasteiger partial charge on any atom is -0.379 e. The summed E-state index contributed by atoms with van der Waals surface area (Å²) in [4.78, 5) is 0. The van der Waals surface area contributed by atoms with Crippen LogP contribution in [-0.2, 0) is 4.74 Å². The standard InChI is InChI=1S/C12H18ClFN2O/c1-12(2,17-3)7-11(16-15)9-5-4-8(13)6-10(9)14/h4-6,11,16H,7,15H2,1-3H3. The Labute approximate surface area is 106 Å². The van der Waals surface area contributed by atoms with Gasteiger partial charge in [0.2, 0.25) is 0 Å². The van der Waals surface area contributed by atoms with Gasteiger partial charge in [-0.3, -0.25) is 11.3 Å². The number of halogens is 2. The van der Waals surface area contributed by atoms with Gasteiger partial charge < -0.3 is 4.74 Å². The molecule has 0 radical (unpaired) electrons. The predicted octanol–water partition coefficient (Wildman–Crippen LogP) is 2.80. The monoisotopic (exact) mass is 260 g/mol. The summed E-state index contributed by atoms with van der Waals surface area (Å²) in [6.07, 6.45) is 0.554. The topological polar surface area (TPSA) is 47.3 Å². The molecular formula is C12H18ClFN2O. The summed E-state index contributed by atoms with van der Waals surface area (Å²) in [6, 6.07) is 4.24. The molecule has 0 bridgehead atoms. The summed E-state index contributed by atoms with van der Waals surface area (Å²) in [5.41, 5.74) is 2.71. The zero-order chi connectivity index (χ0) is 13.1. The van der Waals surface area contributed by atoms with E-state index >= 15 is 0 Å². The molecule has 1 unspecified atom stereocenters. The molecule has 1 atom stereocenters. The molecule has 0 heterocycles. The molecule has 1 rings (SSSR count). The van der Waals surface area contributed by atoms with Crippen LogP contribution in [0.3, 0.4) is 0 Å². The van der Waals surface area contributed by atoms with E-state index in [2.05, 4.69) is 5.43 Å². The Kier molecular flexibility index (Phi) is 4.89. The van der Waals surface area contributed by atoms with Crippen molar-refractivity contribution in [1.29, 1.82) is 0 Å². The van der Waals surface area contributed by atoms with Crippen molar-refractivity contribution in [3.05, 3.63) is 34.6 Å². The Hall–Kier alpha value is -0.680. The van der Waals surface area contributed by atoms with E-state index in [0.29, 0.717) is 17.0 Å². The second-order valence-electron chi connectivity index (χ2n) is 4.55. The van der Waals surface area contributed by atoms with E-state index < -0.39 is 0 Å². The summed E-state index contributed by atoms with van der Waals surface area (Å²) in [5, 5.41) is 0.369. The van der Waals surface area contributed by atoms with Gasteiger partial charge in [-0.1, -0.05) is 17.7 Å². The summed E-state index contributed by atoms with van der Waals surface area (Å²) in [6.45, 7) is 3.84. The lowest BCUT2D eigenvalue weighted by Crippen LogP contribution is -2.35. The quantitative estimate of drug-likeness (QED) is 0.632. The van der Waals surface area contributed by atoms with Gasteiger partial charge in [-0.2, -0.15) is 0 Å². The number of hydrogen-bond acceptors (Lipinski definition) is 3. The average molecular weight is 261 g/mol. The lowest BCUT2D eigenvalue weighted by atomic mass is 9.94. The van der Waals surface area contributed by atoms with E-state index in [4.69, 9.17) is 22.2 Å². The number of methoxy groups -OCH3 is 1. The minimum absolute atomic E-state index is 0.317. The molecule has 0 spiro atoms. The predicted molar refractivity (Wildman–Crippen MR) is 67.2 cm³/mol. The maximum atomic E-state index is 13.7. The van der Waals surface area contributed by atoms with Crippen molar-refractivity contribution in [3.63, 3.8) is 0 Å². The smallest absolute Gasteiger partial charge is 0.129 e. The van der Waals surface area contributed by atoms with Crippen LogP contribution in [-0.4, -0.2) is 12.7 Å². The van der Waals surface area contributed by atoms with Crippen LogP contribution in [0.4, 0.5) is 4.39 Å². The maximum absolute atomic E-state index is 13.7. The van der Waals surface area contributed by atoms with Gasteiger partial charge in [-0.05, 0) is 32.4 Å². The van der Waals surface area contributed by atoms with Crippen LogP contribution in [0, 0.1) is 5.82 Å². The van der Waals surface area contributed by atoms with Gasteiger partial charge in [0.25, 0.3) is 0 Å². The summed E-state index contributed by atoms with van der Waals surface area (Å²) in [7, 11) is 1.62. The second kappa shape index (κ2) is 5.78. The number of hydrogen-bond donors (Lipinski definition) is 2. The van der Waals surface area contributed by atoms with Gasteiger partial charge >= 0.3 is 0 Å². The number of ether oxygens (including phenoxy) is 1. The van der Waals surface area contributed by atoms with Crippen molar-refractivity contribution >= 4 is 11.6 Å². The molecule has 0 fully saturated rings. The van der Waals surface area contributed by atoms with Crippen LogP contribution in [0.25, 0.3) is 0 Å². The fourth-order valence-corrected chi connectivity index (χ4v) is 1.78. The molecule has 0 aliphatic heterocycles. The van der Waals surface area contributed by atoms with Crippen LogP contribution >= 0.6 is 11.6 Å². The Morgan fingerprint density at radius 1 is 1.53 bits per heavy atom. The molecule has 0 saturated carbocycles. The van der Waals surface area contributed by atoms with E-state index in [1.807, 2.05) is 13.8 Å². The van der Waals surface area contributed by atoms with Gasteiger partial charge in [0.15, 0.2) is 0 Å². The van der Waals surface area contributed by atoms with Crippen LogP contribution in [0.1, 0.15) is 31.9 Å². The lowest BCUT2D eigenvalue weighted by Gasteiger charge is -2.28. The Bertz CT molecular complexity index is 385. The van der Waals surface area contributed by atoms with Gasteiger partial charge in [-0.15, -0.1) is 0 Å². The molecule has 0 aliphatic rings. The zero-order valence-corrected chi connectivity index (χ0v) is 11.0. The maximum Gasteiger partial charge on any atom is 0.129 e. The molecule has 0 aliphatic carbocycles. The largest absolute Gasteiger partial charge is 0.379 e. The van der Waals surface area contributed by atoms with E-state index in [1.54, 1.807) is 19.2 Å². The lowest BCUT2D eigenvalue weighted by molar-refractivity contribution is 0.00655. The van der Waals surface area contributed by atoms with Crippen molar-refractivity contribution < 1.29 is 9.13 Å². The van der Waals surface area contributed by atoms with Crippen molar-refractivity contribution in [3.8, 4) is 0 Å². The number of hydrazine groups is 1. The van der Waals surface area contributed by atoms with E-state index in [0.717, 1.165) is 0 Å². The fraction of sp³-hybridized carbons (Fsp3) is 0.500. The van der Waals surface area contributed by atoms with Crippen molar-refractivity contribution in [2.45, 2.75) is 31.9 Å². The Morgan fingerprint density at radius 2 is 2.18 bits per heavy atom. The van der Waals surface area contributed by atoms with E-state index in [-0.39, 0.29) is 17.5 Å². The van der Waals surface area contributed by atoms with E-state index in [1.165, 1.54) is 6.07 Å². The third-order valence-corrected chi connectivity index (χ3v) is 3.02. The van der Waals surface area contributed by atoms with Gasteiger partial charge in [0.05, 0.1) is 11.6 Å². The molecular weight excluding hydrogens is 243 g/mol. The third kappa shape index (κ3) is 3.92. The number of rotatable bonds is 5. The second-order valence-corrected chi connectivity index (χ2v) is 4.99. The van der Waals surface area contributed by atoms with Crippen LogP contribution in [0.5, 0.6) is 0 Å². The van der Waals surface area contributed by atoms with Crippen molar-refractivity contribution in [2.24, 2.45) is 5.84 Å². The van der Waals surface area contributed by atoms with Crippen molar-refractivity contribution in [1.82, 2.24) is 5.43 Å². The minimum atomic E-state index is -0.386. The van der Waals surface area contributed by atoms with Crippen LogP contribution in [0.2, 0.25) is 5.02 Å². The average Bonchev–Trinajstić information content (AvgIpc) is 2.26. The van der Waals surface area contributed by atoms with Crippen LogP contribution in [0.15, 0.2) is 18.2 Å². The molecule has 0 amide bonds. The normalized spacial score (nSPS) is 13.8. The fourth-order valence-electron chi connectivity index (χ4n) is 1.62. The number of nitrogens with two attached hydrogens (primary N) is 1. The Balaban J connectivity index is 2.94. The van der Waals surface area contributed by atoms with Crippen molar-refractivity contribution in [2.75, 3.05) is 7.11 Å². The summed E-state index contributed by atoms with van der Waals surface area (Å²) < 4.78 is 19.1. The van der Waals surface area contributed by atoms with Gasteiger partial charge in [0, 0.05) is 17.7 Å². The highest BCUT2D eigenvalue weighted by molar-refractivity contribution is 6.30. The molecule has 3 N–H and O–H groups in total. The Morgan fingerprint density at radius 3 is 2.65 bits per heavy atom. The molecule has 1 aromatic rings. The van der Waals surface area contributed by atoms with E-state index in [9.17, 15) is 4.39 Å². The molecule has 1 aromatic carbocycles. The number of nitrogens with one attached hydrogen (secondary N) is 1. The summed E-state index contributed by atoms with van der Waals surface area (Å²) in [5.74, 6) is 5.10. The SMILES string of the molecule is COC(C)(C)CC(NN)c1ccc(Cl)cc1F. The molecule has 0 saturated heterocycles. The molecule has 0 aromatic heterocycles. The highest BCUT2D eigenvalue weighted by Gasteiger charge is 2.25. The first-order chi connectivity index (χ1) is 7.89. The highest BCUT2D eigenvalue weighted by Crippen LogP contribution is 2.28. The van der Waals surface area contributed by atoms with Gasteiger partial charge in [-0.25, -0.2) is 4.39 Å². The van der Waals surface area contributed by atoms with Gasteiger partial charge in [0.1, 0.15) is 5.82 Å². The molecule has 5 heteroatoms. The third-order valence-electron chi connectivity index (χ3n) is 2.79. The zero-order valence-electron chi connectivity index (χ0n) is 10.3. The van der Waals surface area contributed by atoms with Crippen LogP contribution < -0.4 is 11.3 Å². The molecule has 17 heavy (non-hydrogen) atoms. The summed E-state index contributed by atoms with van der Waals surface area (Å²) >= 11 is 5.71. The highest BCUT2D eigenvalue weighted by atomic mass is 35.5. The number of benzene rings is 1. The first-order valence-electron chi connectivity index (χ1n) is 5.36. The first-order valence-corrected chi connectivity index (χ1v) is 5.73. The first kappa shape index (κ1) is 14.4. The molecule has 3 nitrogen and oxygen atoms in total.